The fourth-order valence-electron chi connectivity index (χ4n) is 4.25. The first kappa shape index (κ1) is 19.8. The molecule has 1 aliphatic carbocycles. The average molecular weight is 331 g/mol. The number of piperidine rings is 1. The molecule has 0 radical (unpaired) electrons. The van der Waals surface area contributed by atoms with Crippen molar-refractivity contribution in [3.8, 4) is 0 Å². The van der Waals surface area contributed by atoms with Crippen LogP contribution in [-0.2, 0) is 4.79 Å². The first-order valence-corrected chi connectivity index (χ1v) is 8.87. The van der Waals surface area contributed by atoms with Crippen LogP contribution >= 0.6 is 12.4 Å². The first-order valence-electron chi connectivity index (χ1n) is 8.87. The molecule has 2 aliphatic rings. The lowest BCUT2D eigenvalue weighted by molar-refractivity contribution is -0.123. The predicted octanol–water partition coefficient (Wildman–Crippen LogP) is 3.77. The predicted molar refractivity (Wildman–Crippen MR) is 95.3 cm³/mol. The van der Waals surface area contributed by atoms with Gasteiger partial charge in [0, 0.05) is 12.5 Å². The Labute approximate surface area is 142 Å². The lowest BCUT2D eigenvalue weighted by Gasteiger charge is -2.39. The van der Waals surface area contributed by atoms with Gasteiger partial charge in [0.2, 0.25) is 5.91 Å². The Morgan fingerprint density at radius 1 is 1.36 bits per heavy atom. The van der Waals surface area contributed by atoms with Crippen LogP contribution in [0.2, 0.25) is 0 Å². The van der Waals surface area contributed by atoms with Crippen LogP contribution < -0.4 is 10.6 Å². The molecule has 4 unspecified atom stereocenters. The standard InChI is InChI=1S/C18H34N2O.ClH/c1-13(15-6-5-9-19-12-15)10-17(21)20-16-7-8-18(3,4)11-14(16)2;/h13-16,19H,5-12H2,1-4H3,(H,20,21);1H. The molecule has 0 spiro atoms. The minimum atomic E-state index is 0. The Hall–Kier alpha value is -0.280. The normalized spacial score (nSPS) is 32.6. The number of hydrogen-bond donors (Lipinski definition) is 2. The van der Waals surface area contributed by atoms with E-state index in [2.05, 4.69) is 38.3 Å². The average Bonchev–Trinajstić information content (AvgIpc) is 2.42. The maximum atomic E-state index is 12.3. The third-order valence-corrected chi connectivity index (χ3v) is 5.69. The van der Waals surface area contributed by atoms with Crippen LogP contribution in [0.3, 0.4) is 0 Å². The summed E-state index contributed by atoms with van der Waals surface area (Å²) in [5.41, 5.74) is 0.446. The van der Waals surface area contributed by atoms with Gasteiger partial charge in [0.25, 0.3) is 0 Å². The van der Waals surface area contributed by atoms with Crippen LogP contribution in [0.4, 0.5) is 0 Å². The summed E-state index contributed by atoms with van der Waals surface area (Å²) in [4.78, 5) is 12.3. The molecule has 1 saturated carbocycles. The van der Waals surface area contributed by atoms with Crippen molar-refractivity contribution in [1.29, 1.82) is 0 Å². The summed E-state index contributed by atoms with van der Waals surface area (Å²) >= 11 is 0. The zero-order valence-electron chi connectivity index (χ0n) is 14.8. The van der Waals surface area contributed by atoms with Gasteiger partial charge in [0.05, 0.1) is 0 Å². The van der Waals surface area contributed by atoms with E-state index >= 15 is 0 Å². The van der Waals surface area contributed by atoms with Gasteiger partial charge in [0.15, 0.2) is 0 Å². The molecule has 0 aromatic carbocycles. The highest BCUT2D eigenvalue weighted by Gasteiger charge is 2.33. The lowest BCUT2D eigenvalue weighted by Crippen LogP contribution is -2.45. The quantitative estimate of drug-likeness (QED) is 0.824. The maximum absolute atomic E-state index is 12.3. The molecule has 1 amide bonds. The van der Waals surface area contributed by atoms with Crippen LogP contribution in [0.15, 0.2) is 0 Å². The number of rotatable bonds is 4. The Kier molecular flexibility index (Phi) is 7.67. The molecule has 2 N–H and O–H groups in total. The van der Waals surface area contributed by atoms with E-state index in [-0.39, 0.29) is 18.3 Å². The summed E-state index contributed by atoms with van der Waals surface area (Å²) in [6.45, 7) is 11.5. The van der Waals surface area contributed by atoms with Crippen molar-refractivity contribution in [2.24, 2.45) is 23.2 Å². The molecule has 130 valence electrons. The summed E-state index contributed by atoms with van der Waals surface area (Å²) in [6, 6.07) is 0.391. The Morgan fingerprint density at radius 3 is 2.68 bits per heavy atom. The molecule has 1 aliphatic heterocycles. The monoisotopic (exact) mass is 330 g/mol. The highest BCUT2D eigenvalue weighted by atomic mass is 35.5. The van der Waals surface area contributed by atoms with E-state index in [9.17, 15) is 4.79 Å². The molecule has 1 saturated heterocycles. The van der Waals surface area contributed by atoms with E-state index in [4.69, 9.17) is 0 Å². The van der Waals surface area contributed by atoms with Gasteiger partial charge in [0.1, 0.15) is 0 Å². The molecule has 3 nitrogen and oxygen atoms in total. The summed E-state index contributed by atoms with van der Waals surface area (Å²) in [5, 5.41) is 6.77. The largest absolute Gasteiger partial charge is 0.353 e. The topological polar surface area (TPSA) is 41.1 Å². The molecular formula is C18H35ClN2O. The van der Waals surface area contributed by atoms with Crippen molar-refractivity contribution < 1.29 is 4.79 Å². The second-order valence-electron chi connectivity index (χ2n) is 8.35. The van der Waals surface area contributed by atoms with Crippen LogP contribution in [-0.4, -0.2) is 25.0 Å². The number of halogens is 1. The Morgan fingerprint density at radius 2 is 2.09 bits per heavy atom. The first-order chi connectivity index (χ1) is 9.87. The van der Waals surface area contributed by atoms with Crippen LogP contribution in [0.25, 0.3) is 0 Å². The van der Waals surface area contributed by atoms with Gasteiger partial charge < -0.3 is 10.6 Å². The molecule has 22 heavy (non-hydrogen) atoms. The number of carbonyl (C=O) groups excluding carboxylic acids is 1. The second-order valence-corrected chi connectivity index (χ2v) is 8.35. The van der Waals surface area contributed by atoms with E-state index in [1.54, 1.807) is 0 Å². The van der Waals surface area contributed by atoms with Gasteiger partial charge in [-0.3, -0.25) is 4.79 Å². The fraction of sp³-hybridized carbons (Fsp3) is 0.944. The van der Waals surface area contributed by atoms with Crippen molar-refractivity contribution in [2.45, 2.75) is 72.3 Å². The number of carbonyl (C=O) groups is 1. The summed E-state index contributed by atoms with van der Waals surface area (Å²) < 4.78 is 0. The van der Waals surface area contributed by atoms with Gasteiger partial charge in [-0.05, 0) is 68.4 Å². The van der Waals surface area contributed by atoms with Crippen molar-refractivity contribution in [2.75, 3.05) is 13.1 Å². The Balaban J connectivity index is 0.00000242. The Bertz CT molecular complexity index is 353. The molecule has 4 heteroatoms. The van der Waals surface area contributed by atoms with Crippen molar-refractivity contribution in [3.63, 3.8) is 0 Å². The van der Waals surface area contributed by atoms with E-state index < -0.39 is 0 Å². The zero-order chi connectivity index (χ0) is 15.5. The van der Waals surface area contributed by atoms with Gasteiger partial charge in [-0.25, -0.2) is 0 Å². The van der Waals surface area contributed by atoms with Crippen molar-refractivity contribution in [1.82, 2.24) is 10.6 Å². The van der Waals surface area contributed by atoms with E-state index in [1.807, 2.05) is 0 Å². The minimum absolute atomic E-state index is 0. The number of nitrogens with one attached hydrogen (secondary N) is 2. The van der Waals surface area contributed by atoms with Gasteiger partial charge in [-0.2, -0.15) is 0 Å². The van der Waals surface area contributed by atoms with Gasteiger partial charge in [-0.15, -0.1) is 12.4 Å². The summed E-state index contributed by atoms with van der Waals surface area (Å²) in [6.07, 6.45) is 6.81. The molecular weight excluding hydrogens is 296 g/mol. The van der Waals surface area contributed by atoms with E-state index in [0.29, 0.717) is 35.6 Å². The second kappa shape index (κ2) is 8.54. The lowest BCUT2D eigenvalue weighted by atomic mass is 9.70. The summed E-state index contributed by atoms with van der Waals surface area (Å²) in [7, 11) is 0. The highest BCUT2D eigenvalue weighted by molar-refractivity contribution is 5.85. The molecule has 4 atom stereocenters. The number of hydrogen-bond acceptors (Lipinski definition) is 2. The van der Waals surface area contributed by atoms with E-state index in [0.717, 1.165) is 19.5 Å². The fourth-order valence-corrected chi connectivity index (χ4v) is 4.25. The van der Waals surface area contributed by atoms with Crippen LogP contribution in [0, 0.1) is 23.2 Å². The molecule has 2 rings (SSSR count). The summed E-state index contributed by atoms with van der Waals surface area (Å²) in [5.74, 6) is 2.04. The van der Waals surface area contributed by atoms with Gasteiger partial charge in [-0.1, -0.05) is 27.7 Å². The minimum Gasteiger partial charge on any atom is -0.353 e. The third kappa shape index (κ3) is 5.73. The molecule has 2 fully saturated rings. The third-order valence-electron chi connectivity index (χ3n) is 5.69. The van der Waals surface area contributed by atoms with E-state index in [1.165, 1.54) is 25.7 Å². The molecule has 1 heterocycles. The SMILES string of the molecule is CC(CC(=O)NC1CCC(C)(C)CC1C)C1CCCNC1.Cl. The molecule has 0 aromatic rings. The zero-order valence-corrected chi connectivity index (χ0v) is 15.6. The van der Waals surface area contributed by atoms with Crippen molar-refractivity contribution >= 4 is 18.3 Å². The van der Waals surface area contributed by atoms with Crippen LogP contribution in [0.5, 0.6) is 0 Å². The number of amides is 1. The highest BCUT2D eigenvalue weighted by Crippen LogP contribution is 2.38. The smallest absolute Gasteiger partial charge is 0.220 e. The molecule has 0 bridgehead atoms. The molecule has 0 aromatic heterocycles. The van der Waals surface area contributed by atoms with Crippen LogP contribution in [0.1, 0.15) is 66.2 Å². The van der Waals surface area contributed by atoms with Crippen molar-refractivity contribution in [3.05, 3.63) is 0 Å². The maximum Gasteiger partial charge on any atom is 0.220 e. The van der Waals surface area contributed by atoms with Gasteiger partial charge >= 0.3 is 0 Å².